The molecule has 2 saturated heterocycles. The standard InChI is InChI=1S/C95H179N2O20P/c1-7-13-19-25-31-36-38-39-41-46-52-58-64-70-88(104)114-80(67-61-55-49-43-34-28-22-16-10-4)74-85(101)97-90-92(106)91(105)83(115-94(90)107)76-111-95-89(96-84(100)73-79(66-60-54-48-42-33-27-21-15-9-3)113-87(103)69-63-56-50-44-35-29-23-17-11-5)81(93(82(75-98)116-95)117-118(108,109)110)72-77(99)71-78(65-59-53-47-30-24-18-12-6)112-86(102)68-62-57-51-45-40-37-32-26-20-14-8-2/h78-83,89-95,98,105-107H,7-76H2,1-6H3,(H,96,100)(H,97,101)(H2,108,109,110)/t78-,79-,80-,81-,82?,83?,89?,90?,91-,92-,93-,94-,95-/m1/s1. The SMILES string of the molecule is CCCCCCCCCCCCCCCC(=O)O[C@H](CCCCCCCCCCC)CC(=O)NC1[C@H](O)OC(CO[C@@H]2OC(CO)[C@H](OP(=O)(O)O)[C@H](CC(=O)C[C@@H](CCCCCCCCC)OC(=O)CCCCCCCCCCCCC)C2NC(=O)C[C@@H](CCCCCCCCCCC)OC(=O)CCCCCCCCCCC)[C@@H](O)[C@@H]1O. The van der Waals surface area contributed by atoms with Crippen LogP contribution in [0.4, 0.5) is 0 Å². The lowest BCUT2D eigenvalue weighted by Gasteiger charge is -2.47. The highest BCUT2D eigenvalue weighted by Crippen LogP contribution is 2.45. The van der Waals surface area contributed by atoms with Crippen LogP contribution in [0, 0.1) is 5.92 Å². The Morgan fingerprint density at radius 1 is 0.356 bits per heavy atom. The average molecular weight is 1700 g/mol. The largest absolute Gasteiger partial charge is 0.469 e. The normalized spacial score (nSPS) is 20.3. The Morgan fingerprint density at radius 3 is 0.932 bits per heavy atom. The third-order valence-electron chi connectivity index (χ3n) is 24.1. The van der Waals surface area contributed by atoms with Gasteiger partial charge in [0.05, 0.1) is 32.1 Å². The molecule has 2 aliphatic rings. The minimum atomic E-state index is -5.50. The van der Waals surface area contributed by atoms with Crippen LogP contribution in [0.3, 0.4) is 0 Å². The first-order valence-electron chi connectivity index (χ1n) is 49.2. The van der Waals surface area contributed by atoms with Gasteiger partial charge in [0, 0.05) is 38.0 Å². The zero-order valence-corrected chi connectivity index (χ0v) is 76.7. The van der Waals surface area contributed by atoms with Crippen LogP contribution in [0.25, 0.3) is 0 Å². The summed E-state index contributed by atoms with van der Waals surface area (Å²) in [6.45, 7) is 11.5. The summed E-state index contributed by atoms with van der Waals surface area (Å²) >= 11 is 0. The number of phosphoric acid groups is 1. The maximum absolute atomic E-state index is 15.0. The first kappa shape index (κ1) is 111. The topological polar surface area (TPSA) is 330 Å². The maximum Gasteiger partial charge on any atom is 0.469 e. The molecule has 13 atom stereocenters. The number of aliphatic hydroxyl groups is 4. The summed E-state index contributed by atoms with van der Waals surface area (Å²) in [5.41, 5.74) is 0. The molecule has 0 radical (unpaired) electrons. The van der Waals surface area contributed by atoms with Gasteiger partial charge in [-0.25, -0.2) is 4.57 Å². The first-order valence-corrected chi connectivity index (χ1v) is 50.8. The average Bonchev–Trinajstić information content (AvgIpc) is 0.781. The van der Waals surface area contributed by atoms with E-state index in [-0.39, 0.29) is 38.5 Å². The lowest BCUT2D eigenvalue weighted by molar-refractivity contribution is -0.292. The number of esters is 3. The van der Waals surface area contributed by atoms with E-state index in [9.17, 15) is 54.0 Å². The molecule has 2 amide bonds. The molecule has 0 aromatic rings. The van der Waals surface area contributed by atoms with Crippen molar-refractivity contribution in [3.63, 3.8) is 0 Å². The number of ketones is 1. The third kappa shape index (κ3) is 58.9. The number of aliphatic hydroxyl groups excluding tert-OH is 4. The zero-order chi connectivity index (χ0) is 86.3. The van der Waals surface area contributed by atoms with Crippen molar-refractivity contribution in [1.29, 1.82) is 0 Å². The van der Waals surface area contributed by atoms with Crippen LogP contribution in [-0.4, -0.2) is 152 Å². The molecular weight excluding hydrogens is 1520 g/mol. The van der Waals surface area contributed by atoms with Gasteiger partial charge in [-0.05, 0) is 57.8 Å². The van der Waals surface area contributed by atoms with Gasteiger partial charge in [-0.1, -0.05) is 375 Å². The van der Waals surface area contributed by atoms with Crippen molar-refractivity contribution in [3.05, 3.63) is 0 Å². The number of carbonyl (C=O) groups is 6. The van der Waals surface area contributed by atoms with E-state index in [0.717, 1.165) is 173 Å². The van der Waals surface area contributed by atoms with Gasteiger partial charge >= 0.3 is 25.7 Å². The summed E-state index contributed by atoms with van der Waals surface area (Å²) in [5, 5.41) is 52.0. The van der Waals surface area contributed by atoms with Crippen molar-refractivity contribution < 1.29 is 96.5 Å². The Hall–Kier alpha value is -3.15. The minimum Gasteiger partial charge on any atom is -0.462 e. The Labute approximate surface area is 717 Å². The second-order valence-electron chi connectivity index (χ2n) is 35.2. The fourth-order valence-electron chi connectivity index (χ4n) is 16.8. The highest BCUT2D eigenvalue weighted by Gasteiger charge is 2.52. The molecule has 0 bridgehead atoms. The molecule has 2 fully saturated rings. The molecule has 0 spiro atoms. The number of ether oxygens (including phenoxy) is 6. The van der Waals surface area contributed by atoms with Crippen molar-refractivity contribution >= 4 is 43.3 Å². The molecule has 0 aromatic carbocycles. The number of phosphoric ester groups is 1. The van der Waals surface area contributed by atoms with Crippen LogP contribution in [0.5, 0.6) is 0 Å². The quantitative estimate of drug-likeness (QED) is 0.0121. The molecule has 8 N–H and O–H groups in total. The van der Waals surface area contributed by atoms with E-state index >= 15 is 9.59 Å². The monoisotopic (exact) mass is 1700 g/mol. The number of amides is 2. The van der Waals surface area contributed by atoms with Crippen molar-refractivity contribution in [2.24, 2.45) is 5.92 Å². The molecule has 2 heterocycles. The molecule has 0 aromatic heterocycles. The number of rotatable bonds is 83. The van der Waals surface area contributed by atoms with Crippen molar-refractivity contribution in [2.45, 2.75) is 552 Å². The lowest BCUT2D eigenvalue weighted by Crippen LogP contribution is -2.65. The molecular formula is C95H179N2O20P. The number of nitrogens with one attached hydrogen (secondary N) is 2. The van der Waals surface area contributed by atoms with Gasteiger partial charge in [-0.2, -0.15) is 0 Å². The molecule has 118 heavy (non-hydrogen) atoms. The molecule has 22 nitrogen and oxygen atoms in total. The van der Waals surface area contributed by atoms with Crippen molar-refractivity contribution in [1.82, 2.24) is 10.6 Å². The molecule has 0 saturated carbocycles. The van der Waals surface area contributed by atoms with E-state index < -0.39 is 142 Å². The summed E-state index contributed by atoms with van der Waals surface area (Å²) in [7, 11) is -5.50. The molecule has 2 rings (SSSR count). The van der Waals surface area contributed by atoms with Crippen LogP contribution in [0.2, 0.25) is 0 Å². The number of Topliss-reactive ketones (excluding diaryl/α,β-unsaturated/α-hetero) is 1. The fourth-order valence-corrected chi connectivity index (χ4v) is 17.4. The van der Waals surface area contributed by atoms with Gasteiger partial charge < -0.3 is 69.3 Å². The van der Waals surface area contributed by atoms with Crippen LogP contribution < -0.4 is 10.6 Å². The highest BCUT2D eigenvalue weighted by molar-refractivity contribution is 7.46. The van der Waals surface area contributed by atoms with E-state index in [2.05, 4.69) is 52.2 Å². The zero-order valence-electron chi connectivity index (χ0n) is 75.8. The molecule has 2 aliphatic heterocycles. The third-order valence-corrected chi connectivity index (χ3v) is 24.6. The van der Waals surface area contributed by atoms with Gasteiger partial charge in [-0.15, -0.1) is 0 Å². The van der Waals surface area contributed by atoms with Gasteiger partial charge in [0.1, 0.15) is 60.7 Å². The van der Waals surface area contributed by atoms with Crippen LogP contribution in [-0.2, 0) is 66.3 Å². The predicted molar refractivity (Wildman–Crippen MR) is 472 cm³/mol. The highest BCUT2D eigenvalue weighted by atomic mass is 31.2. The van der Waals surface area contributed by atoms with E-state index in [1.165, 1.54) is 161 Å². The van der Waals surface area contributed by atoms with Gasteiger partial charge in [0.15, 0.2) is 12.6 Å². The second kappa shape index (κ2) is 75.2. The Bertz CT molecular complexity index is 2480. The summed E-state index contributed by atoms with van der Waals surface area (Å²) in [5.74, 6) is -4.62. The van der Waals surface area contributed by atoms with E-state index in [4.69, 9.17) is 32.9 Å². The second-order valence-corrected chi connectivity index (χ2v) is 36.4. The van der Waals surface area contributed by atoms with Gasteiger partial charge in [-0.3, -0.25) is 33.3 Å². The van der Waals surface area contributed by atoms with Crippen molar-refractivity contribution in [3.8, 4) is 0 Å². The lowest BCUT2D eigenvalue weighted by atomic mass is 9.82. The van der Waals surface area contributed by atoms with Gasteiger partial charge in [0.2, 0.25) is 11.8 Å². The van der Waals surface area contributed by atoms with E-state index in [1.54, 1.807) is 0 Å². The van der Waals surface area contributed by atoms with Crippen molar-refractivity contribution in [2.75, 3.05) is 13.2 Å². The Kier molecular flexibility index (Phi) is 70.7. The number of carbonyl (C=O) groups excluding carboxylic acids is 6. The molecule has 23 heteroatoms. The number of hydrogen-bond acceptors (Lipinski definition) is 18. The molecule has 4 unspecified atom stereocenters. The van der Waals surface area contributed by atoms with Gasteiger partial charge in [0.25, 0.3) is 0 Å². The van der Waals surface area contributed by atoms with E-state index in [0.29, 0.717) is 57.8 Å². The number of hydrogen-bond donors (Lipinski definition) is 8. The molecule has 694 valence electrons. The first-order chi connectivity index (χ1) is 57.2. The summed E-state index contributed by atoms with van der Waals surface area (Å²) < 4.78 is 55.6. The molecule has 0 aliphatic carbocycles. The minimum absolute atomic E-state index is 0.156. The Morgan fingerprint density at radius 2 is 0.636 bits per heavy atom. The van der Waals surface area contributed by atoms with E-state index in [1.807, 2.05) is 0 Å². The predicted octanol–water partition coefficient (Wildman–Crippen LogP) is 22.2. The van der Waals surface area contributed by atoms with Crippen LogP contribution >= 0.6 is 7.82 Å². The fraction of sp³-hybridized carbons (Fsp3) is 0.937. The summed E-state index contributed by atoms with van der Waals surface area (Å²) in [6, 6.07) is -3.13. The maximum atomic E-state index is 15.0. The van der Waals surface area contributed by atoms with Crippen LogP contribution in [0.1, 0.15) is 478 Å². The number of unbranched alkanes of at least 4 members (excludes halogenated alkanes) is 52. The summed E-state index contributed by atoms with van der Waals surface area (Å²) in [6.07, 6.45) is 47.6. The Balaban J connectivity index is 2.55. The smallest absolute Gasteiger partial charge is 0.462 e. The van der Waals surface area contributed by atoms with Crippen LogP contribution in [0.15, 0.2) is 0 Å². The summed E-state index contributed by atoms with van der Waals surface area (Å²) in [4.78, 5) is 106.